The van der Waals surface area contributed by atoms with E-state index in [0.29, 0.717) is 16.5 Å². The fourth-order valence-corrected chi connectivity index (χ4v) is 4.43. The van der Waals surface area contributed by atoms with Crippen molar-refractivity contribution in [1.29, 1.82) is 0 Å². The highest BCUT2D eigenvalue weighted by Crippen LogP contribution is 2.41. The summed E-state index contributed by atoms with van der Waals surface area (Å²) in [5, 5.41) is 0.513. The maximum atomic E-state index is 13.7. The predicted molar refractivity (Wildman–Crippen MR) is 128 cm³/mol. The highest BCUT2D eigenvalue weighted by Gasteiger charge is 2.43. The molecule has 0 saturated carbocycles. The highest BCUT2D eigenvalue weighted by molar-refractivity contribution is 6.10. The summed E-state index contributed by atoms with van der Waals surface area (Å²) >= 11 is 0. The lowest BCUT2D eigenvalue weighted by Crippen LogP contribution is -2.29. The molecule has 4 aromatic rings. The molecule has 4 heteroatoms. The summed E-state index contributed by atoms with van der Waals surface area (Å²) in [6, 6.07) is 17.1. The predicted octanol–water partition coefficient (Wildman–Crippen LogP) is 6.08. The van der Waals surface area contributed by atoms with Gasteiger partial charge >= 0.3 is 0 Å². The number of fused-ring (bicyclic) bond motifs is 2. The van der Waals surface area contributed by atoms with Gasteiger partial charge in [0.05, 0.1) is 17.0 Å². The fraction of sp³-hybridized carbons (Fsp3) is 0.214. The van der Waals surface area contributed by atoms with Crippen LogP contribution in [0.2, 0.25) is 0 Å². The summed E-state index contributed by atoms with van der Waals surface area (Å²) in [4.78, 5) is 29.1. The van der Waals surface area contributed by atoms with Gasteiger partial charge < -0.3 is 4.42 Å². The lowest BCUT2D eigenvalue weighted by atomic mass is 9.96. The zero-order chi connectivity index (χ0) is 22.7. The van der Waals surface area contributed by atoms with Gasteiger partial charge in [-0.3, -0.25) is 14.5 Å². The Morgan fingerprint density at radius 2 is 1.41 bits per heavy atom. The van der Waals surface area contributed by atoms with Gasteiger partial charge in [0.2, 0.25) is 5.76 Å². The van der Waals surface area contributed by atoms with Crippen molar-refractivity contribution in [1.82, 2.24) is 0 Å². The second kappa shape index (κ2) is 7.20. The monoisotopic (exact) mass is 423 g/mol. The molecule has 0 N–H and O–H groups in total. The number of hydrogen-bond donors (Lipinski definition) is 0. The zero-order valence-electron chi connectivity index (χ0n) is 18.9. The number of carbonyl (C=O) groups excluding carboxylic acids is 1. The number of rotatable bonds is 2. The molecule has 1 atom stereocenters. The van der Waals surface area contributed by atoms with Crippen LogP contribution in [-0.2, 0) is 0 Å². The van der Waals surface area contributed by atoms with Crippen LogP contribution >= 0.6 is 0 Å². The third-order valence-corrected chi connectivity index (χ3v) is 6.65. The minimum Gasteiger partial charge on any atom is -0.450 e. The molecule has 160 valence electrons. The van der Waals surface area contributed by atoms with Crippen molar-refractivity contribution >= 4 is 22.6 Å². The zero-order valence-corrected chi connectivity index (χ0v) is 18.9. The van der Waals surface area contributed by atoms with E-state index in [1.165, 1.54) is 0 Å². The van der Waals surface area contributed by atoms with Crippen LogP contribution < -0.4 is 10.3 Å². The molecule has 1 aromatic heterocycles. The number of anilines is 1. The Labute approximate surface area is 187 Å². The van der Waals surface area contributed by atoms with Gasteiger partial charge in [0.15, 0.2) is 5.43 Å². The molecule has 0 radical (unpaired) electrons. The third-order valence-electron chi connectivity index (χ3n) is 6.65. The minimum absolute atomic E-state index is 0.134. The summed E-state index contributed by atoms with van der Waals surface area (Å²) in [5.74, 6) is -0.152. The largest absolute Gasteiger partial charge is 0.450 e. The number of benzene rings is 3. The molecule has 1 amide bonds. The second-order valence-corrected chi connectivity index (χ2v) is 8.86. The molecule has 3 aromatic carbocycles. The van der Waals surface area contributed by atoms with Crippen molar-refractivity contribution in [3.8, 4) is 0 Å². The minimum atomic E-state index is -0.539. The van der Waals surface area contributed by atoms with E-state index >= 15 is 0 Å². The molecule has 4 nitrogen and oxygen atoms in total. The summed E-state index contributed by atoms with van der Waals surface area (Å²) < 4.78 is 6.12. The van der Waals surface area contributed by atoms with E-state index < -0.39 is 6.04 Å². The van der Waals surface area contributed by atoms with Gasteiger partial charge in [-0.05, 0) is 86.7 Å². The maximum Gasteiger partial charge on any atom is 0.295 e. The molecule has 0 bridgehead atoms. The van der Waals surface area contributed by atoms with Crippen LogP contribution in [0.4, 0.5) is 5.69 Å². The summed E-state index contributed by atoms with van der Waals surface area (Å²) in [6.07, 6.45) is 0. The Morgan fingerprint density at radius 3 is 2.09 bits per heavy atom. The maximum absolute atomic E-state index is 13.7. The average molecular weight is 424 g/mol. The van der Waals surface area contributed by atoms with Gasteiger partial charge in [-0.15, -0.1) is 0 Å². The van der Waals surface area contributed by atoms with E-state index in [1.807, 2.05) is 89.2 Å². The van der Waals surface area contributed by atoms with Gasteiger partial charge in [0.25, 0.3) is 5.91 Å². The standard InChI is InChI=1S/C28H25NO3/c1-15-6-9-20(10-7-15)25-24-26(30)22-13-18(4)19(5)14-23(22)32-27(24)28(31)29(25)21-11-8-16(2)17(3)12-21/h6-14,25H,1-5H3. The summed E-state index contributed by atoms with van der Waals surface area (Å²) in [7, 11) is 0. The van der Waals surface area contributed by atoms with E-state index in [2.05, 4.69) is 0 Å². The topological polar surface area (TPSA) is 50.5 Å². The Bertz CT molecular complexity index is 1460. The summed E-state index contributed by atoms with van der Waals surface area (Å²) in [5.41, 5.74) is 7.76. The molecule has 0 saturated heterocycles. The molecule has 0 spiro atoms. The lowest BCUT2D eigenvalue weighted by Gasteiger charge is -2.26. The van der Waals surface area contributed by atoms with Crippen LogP contribution in [0.3, 0.4) is 0 Å². The van der Waals surface area contributed by atoms with Crippen LogP contribution in [0.5, 0.6) is 0 Å². The molecular formula is C28H25NO3. The number of amides is 1. The number of aryl methyl sites for hydroxylation is 5. The number of nitrogens with zero attached hydrogens (tertiary/aromatic N) is 1. The van der Waals surface area contributed by atoms with Gasteiger partial charge in [-0.2, -0.15) is 0 Å². The molecule has 2 heterocycles. The molecule has 0 aliphatic carbocycles. The van der Waals surface area contributed by atoms with Crippen molar-refractivity contribution in [2.75, 3.05) is 4.90 Å². The number of hydrogen-bond acceptors (Lipinski definition) is 3. The number of carbonyl (C=O) groups is 1. The van der Waals surface area contributed by atoms with E-state index in [9.17, 15) is 9.59 Å². The van der Waals surface area contributed by atoms with Crippen molar-refractivity contribution in [3.63, 3.8) is 0 Å². The quantitative estimate of drug-likeness (QED) is 0.392. The average Bonchev–Trinajstić information content (AvgIpc) is 3.05. The third kappa shape index (κ3) is 2.98. The molecule has 1 unspecified atom stereocenters. The molecule has 5 rings (SSSR count). The molecule has 0 fully saturated rings. The smallest absolute Gasteiger partial charge is 0.295 e. The Hall–Kier alpha value is -3.66. The van der Waals surface area contributed by atoms with Gasteiger partial charge in [0, 0.05) is 5.69 Å². The van der Waals surface area contributed by atoms with Crippen LogP contribution in [0.25, 0.3) is 11.0 Å². The first-order valence-electron chi connectivity index (χ1n) is 10.8. The molecule has 1 aliphatic heterocycles. The van der Waals surface area contributed by atoms with Crippen LogP contribution in [0, 0.1) is 34.6 Å². The molecule has 32 heavy (non-hydrogen) atoms. The Kier molecular flexibility index (Phi) is 4.55. The SMILES string of the molecule is Cc1ccc(C2c3c(oc4cc(C)c(C)cc4c3=O)C(=O)N2c2ccc(C)c(C)c2)cc1. The van der Waals surface area contributed by atoms with Crippen molar-refractivity contribution in [2.45, 2.75) is 40.7 Å². The highest BCUT2D eigenvalue weighted by atomic mass is 16.3. The van der Waals surface area contributed by atoms with Crippen LogP contribution in [0.1, 0.15) is 55.5 Å². The van der Waals surface area contributed by atoms with E-state index in [0.717, 1.165) is 39.1 Å². The van der Waals surface area contributed by atoms with Gasteiger partial charge in [0.1, 0.15) is 5.58 Å². The van der Waals surface area contributed by atoms with E-state index in [4.69, 9.17) is 4.42 Å². The van der Waals surface area contributed by atoms with Crippen LogP contribution in [-0.4, -0.2) is 5.91 Å². The Morgan fingerprint density at radius 1 is 0.750 bits per heavy atom. The van der Waals surface area contributed by atoms with Gasteiger partial charge in [-0.25, -0.2) is 0 Å². The Balaban J connectivity index is 1.82. The van der Waals surface area contributed by atoms with Crippen molar-refractivity contribution in [3.05, 3.63) is 110 Å². The first-order valence-corrected chi connectivity index (χ1v) is 10.8. The lowest BCUT2D eigenvalue weighted by molar-refractivity contribution is 0.0971. The summed E-state index contributed by atoms with van der Waals surface area (Å²) in [6.45, 7) is 10.0. The van der Waals surface area contributed by atoms with Crippen LogP contribution in [0.15, 0.2) is 63.8 Å². The van der Waals surface area contributed by atoms with Gasteiger partial charge in [-0.1, -0.05) is 35.9 Å². The first kappa shape index (κ1) is 20.3. The normalized spacial score (nSPS) is 15.5. The molecule has 1 aliphatic rings. The fourth-order valence-electron chi connectivity index (χ4n) is 4.43. The van der Waals surface area contributed by atoms with E-state index in [1.54, 1.807) is 4.90 Å². The van der Waals surface area contributed by atoms with Crippen molar-refractivity contribution < 1.29 is 9.21 Å². The van der Waals surface area contributed by atoms with E-state index in [-0.39, 0.29) is 17.1 Å². The second-order valence-electron chi connectivity index (χ2n) is 8.86. The van der Waals surface area contributed by atoms with Crippen molar-refractivity contribution in [2.24, 2.45) is 0 Å². The first-order chi connectivity index (χ1) is 15.3. The molecular weight excluding hydrogens is 398 g/mol.